The summed E-state index contributed by atoms with van der Waals surface area (Å²) >= 11 is 0. The topological polar surface area (TPSA) is 120 Å². The summed E-state index contributed by atoms with van der Waals surface area (Å²) in [5.41, 5.74) is 1.26. The number of benzene rings is 1. The molecule has 1 amide bonds. The highest BCUT2D eigenvalue weighted by Crippen LogP contribution is 2.34. The first-order chi connectivity index (χ1) is 19.1. The van der Waals surface area contributed by atoms with E-state index >= 15 is 0 Å². The summed E-state index contributed by atoms with van der Waals surface area (Å²) in [6.07, 6.45) is -0.0189. The van der Waals surface area contributed by atoms with E-state index in [1.165, 1.54) is 19.4 Å². The van der Waals surface area contributed by atoms with Crippen molar-refractivity contribution < 1.29 is 28.2 Å². The zero-order valence-corrected chi connectivity index (χ0v) is 25.3. The molecule has 0 spiro atoms. The Bertz CT molecular complexity index is 1300. The standard InChI is InChI=1S/C28H39N5O6Si/c1-18-8-10-21(40(5,6)7)15-22(18)39-24-11-9-19(38-24)14-23(34)30-25-26(35-3)31-28(32-27(25)36-4)33-12-13-37-20(17-33)16-29-2/h8-11,15,20,29H,12-14,16-17H2,1-7H3,(H,30,34). The molecule has 3 heterocycles. The Balaban J connectivity index is 1.45. The largest absolute Gasteiger partial charge is 0.479 e. The number of carbonyl (C=O) groups is 1. The van der Waals surface area contributed by atoms with Crippen LogP contribution < -0.4 is 34.9 Å². The lowest BCUT2D eigenvalue weighted by Gasteiger charge is -2.33. The van der Waals surface area contributed by atoms with Crippen LogP contribution in [-0.2, 0) is 16.0 Å². The third kappa shape index (κ3) is 7.12. The fraction of sp³-hybridized carbons (Fsp3) is 0.464. The molecule has 4 rings (SSSR count). The van der Waals surface area contributed by atoms with Crippen LogP contribution in [0.4, 0.5) is 11.6 Å². The van der Waals surface area contributed by atoms with E-state index < -0.39 is 8.07 Å². The number of aryl methyl sites for hydroxylation is 1. The number of ether oxygens (including phenoxy) is 4. The van der Waals surface area contributed by atoms with Gasteiger partial charge in [-0.25, -0.2) is 0 Å². The molecule has 1 aliphatic heterocycles. The van der Waals surface area contributed by atoms with E-state index in [4.69, 9.17) is 23.4 Å². The van der Waals surface area contributed by atoms with Gasteiger partial charge in [-0.15, -0.1) is 0 Å². The molecule has 3 aromatic rings. The first-order valence-electron chi connectivity index (χ1n) is 13.3. The van der Waals surface area contributed by atoms with Gasteiger partial charge in [-0.1, -0.05) is 37.0 Å². The minimum absolute atomic E-state index is 0.00841. The van der Waals surface area contributed by atoms with E-state index in [0.29, 0.717) is 43.9 Å². The lowest BCUT2D eigenvalue weighted by atomic mass is 10.2. The number of methoxy groups -OCH3 is 2. The van der Waals surface area contributed by atoms with Gasteiger partial charge in [0.25, 0.3) is 5.95 Å². The zero-order chi connectivity index (χ0) is 28.9. The van der Waals surface area contributed by atoms with Crippen LogP contribution in [0.2, 0.25) is 19.6 Å². The maximum Gasteiger partial charge on any atom is 0.290 e. The number of furan rings is 1. The van der Waals surface area contributed by atoms with Crippen molar-refractivity contribution in [3.63, 3.8) is 0 Å². The van der Waals surface area contributed by atoms with Gasteiger partial charge in [0.05, 0.1) is 41.4 Å². The highest BCUT2D eigenvalue weighted by molar-refractivity contribution is 6.88. The first kappa shape index (κ1) is 29.4. The van der Waals surface area contributed by atoms with Gasteiger partial charge in [-0.3, -0.25) is 4.79 Å². The second-order valence-corrected chi connectivity index (χ2v) is 15.8. The summed E-state index contributed by atoms with van der Waals surface area (Å²) in [6, 6.07) is 9.74. The Morgan fingerprint density at radius 1 is 1.12 bits per heavy atom. The number of nitrogens with zero attached hydrogens (tertiary/aromatic N) is 3. The Morgan fingerprint density at radius 3 is 2.50 bits per heavy atom. The molecule has 1 fully saturated rings. The van der Waals surface area contributed by atoms with Gasteiger partial charge in [-0.05, 0) is 31.7 Å². The van der Waals surface area contributed by atoms with Crippen molar-refractivity contribution >= 4 is 30.8 Å². The Kier molecular flexibility index (Phi) is 9.33. The Morgan fingerprint density at radius 2 is 1.85 bits per heavy atom. The average molecular weight is 570 g/mol. The van der Waals surface area contributed by atoms with Gasteiger partial charge in [0.2, 0.25) is 23.6 Å². The van der Waals surface area contributed by atoms with Gasteiger partial charge in [0, 0.05) is 25.7 Å². The molecule has 40 heavy (non-hydrogen) atoms. The smallest absolute Gasteiger partial charge is 0.290 e. The fourth-order valence-corrected chi connectivity index (χ4v) is 5.49. The van der Waals surface area contributed by atoms with Gasteiger partial charge in [-0.2, -0.15) is 9.97 Å². The lowest BCUT2D eigenvalue weighted by molar-refractivity contribution is -0.115. The highest BCUT2D eigenvalue weighted by Gasteiger charge is 2.26. The summed E-state index contributed by atoms with van der Waals surface area (Å²) in [7, 11) is 3.35. The van der Waals surface area contributed by atoms with Gasteiger partial charge < -0.3 is 38.9 Å². The van der Waals surface area contributed by atoms with Gasteiger partial charge in [0.15, 0.2) is 5.69 Å². The van der Waals surface area contributed by atoms with Crippen molar-refractivity contribution in [3.8, 4) is 23.5 Å². The molecule has 1 aliphatic rings. The summed E-state index contributed by atoms with van der Waals surface area (Å²) in [5.74, 6) is 2.02. The van der Waals surface area contributed by atoms with Crippen LogP contribution >= 0.6 is 0 Å². The van der Waals surface area contributed by atoms with Crippen LogP contribution in [0, 0.1) is 6.92 Å². The van der Waals surface area contributed by atoms with Crippen LogP contribution in [-0.4, -0.2) is 77.6 Å². The molecule has 2 N–H and O–H groups in total. The van der Waals surface area contributed by atoms with Crippen LogP contribution in [0.25, 0.3) is 0 Å². The summed E-state index contributed by atoms with van der Waals surface area (Å²) in [4.78, 5) is 24.1. The first-order valence-corrected chi connectivity index (χ1v) is 16.8. The van der Waals surface area contributed by atoms with E-state index in [-0.39, 0.29) is 35.9 Å². The minimum Gasteiger partial charge on any atom is -0.479 e. The number of rotatable bonds is 11. The normalized spacial score (nSPS) is 15.6. The molecular weight excluding hydrogens is 530 g/mol. The number of carbonyl (C=O) groups excluding carboxylic acids is 1. The average Bonchev–Trinajstić information content (AvgIpc) is 3.36. The number of amides is 1. The van der Waals surface area contributed by atoms with E-state index in [0.717, 1.165) is 11.3 Å². The van der Waals surface area contributed by atoms with Gasteiger partial charge in [0.1, 0.15) is 11.5 Å². The molecular formula is C28H39N5O6Si. The number of nitrogens with one attached hydrogen (secondary N) is 2. The second-order valence-electron chi connectivity index (χ2n) is 10.7. The van der Waals surface area contributed by atoms with Crippen molar-refractivity contribution in [2.75, 3.05) is 57.7 Å². The Labute approximate surface area is 236 Å². The summed E-state index contributed by atoms with van der Waals surface area (Å²) < 4.78 is 28.7. The maximum atomic E-state index is 13.0. The van der Waals surface area contributed by atoms with Crippen LogP contribution in [0.15, 0.2) is 34.7 Å². The quantitative estimate of drug-likeness (QED) is 0.333. The second kappa shape index (κ2) is 12.7. The van der Waals surface area contributed by atoms with Crippen molar-refractivity contribution in [3.05, 3.63) is 41.7 Å². The summed E-state index contributed by atoms with van der Waals surface area (Å²) in [5, 5.41) is 7.24. The molecule has 0 aliphatic carbocycles. The van der Waals surface area contributed by atoms with Crippen LogP contribution in [0.3, 0.4) is 0 Å². The molecule has 12 heteroatoms. The van der Waals surface area contributed by atoms with Crippen molar-refractivity contribution in [1.82, 2.24) is 15.3 Å². The molecule has 1 saturated heterocycles. The number of anilines is 2. The van der Waals surface area contributed by atoms with E-state index in [2.05, 4.69) is 58.4 Å². The van der Waals surface area contributed by atoms with E-state index in [9.17, 15) is 4.79 Å². The molecule has 0 radical (unpaired) electrons. The third-order valence-electron chi connectivity index (χ3n) is 6.57. The van der Waals surface area contributed by atoms with Gasteiger partial charge >= 0.3 is 0 Å². The molecule has 1 aromatic carbocycles. The van der Waals surface area contributed by atoms with E-state index in [1.807, 2.05) is 18.9 Å². The minimum atomic E-state index is -1.50. The maximum absolute atomic E-state index is 13.0. The predicted octanol–water partition coefficient (Wildman–Crippen LogP) is 3.34. The van der Waals surface area contributed by atoms with Crippen LogP contribution in [0.1, 0.15) is 11.3 Å². The molecule has 216 valence electrons. The zero-order valence-electron chi connectivity index (χ0n) is 24.3. The molecule has 0 bridgehead atoms. The molecule has 1 unspecified atom stereocenters. The van der Waals surface area contributed by atoms with Crippen molar-refractivity contribution in [1.29, 1.82) is 0 Å². The number of likely N-dealkylation sites (N-methyl/N-ethyl adjacent to an activating group) is 1. The number of morpholine rings is 1. The monoisotopic (exact) mass is 569 g/mol. The summed E-state index contributed by atoms with van der Waals surface area (Å²) in [6.45, 7) is 11.4. The fourth-order valence-electron chi connectivity index (χ4n) is 4.34. The van der Waals surface area contributed by atoms with Crippen molar-refractivity contribution in [2.24, 2.45) is 0 Å². The highest BCUT2D eigenvalue weighted by atomic mass is 28.3. The van der Waals surface area contributed by atoms with Crippen LogP contribution in [0.5, 0.6) is 23.5 Å². The van der Waals surface area contributed by atoms with Crippen molar-refractivity contribution in [2.45, 2.75) is 39.1 Å². The third-order valence-corrected chi connectivity index (χ3v) is 8.61. The molecule has 1 atom stereocenters. The molecule has 11 nitrogen and oxygen atoms in total. The Hall–Kier alpha value is -3.61. The SMILES string of the molecule is CNCC1CN(c2nc(OC)c(NC(=O)Cc3ccc(Oc4cc([Si](C)(C)C)ccc4C)o3)c(OC)n2)CCO1. The van der Waals surface area contributed by atoms with E-state index in [1.54, 1.807) is 12.1 Å². The number of hydrogen-bond acceptors (Lipinski definition) is 10. The predicted molar refractivity (Wildman–Crippen MR) is 156 cm³/mol. The number of aromatic nitrogens is 2. The lowest BCUT2D eigenvalue weighted by Crippen LogP contribution is -2.46. The molecule has 2 aromatic heterocycles. The number of hydrogen-bond donors (Lipinski definition) is 2. The molecule has 0 saturated carbocycles.